The fourth-order valence-corrected chi connectivity index (χ4v) is 5.92. The van der Waals surface area contributed by atoms with Crippen molar-refractivity contribution in [3.8, 4) is 0 Å². The summed E-state index contributed by atoms with van der Waals surface area (Å²) in [6.07, 6.45) is 11.9. The number of fused-ring (bicyclic) bond motifs is 2. The first-order valence-corrected chi connectivity index (χ1v) is 13.7. The molecule has 0 saturated carbocycles. The van der Waals surface area contributed by atoms with E-state index in [-0.39, 0.29) is 10.8 Å². The summed E-state index contributed by atoms with van der Waals surface area (Å²) in [5.74, 6) is 0. The summed E-state index contributed by atoms with van der Waals surface area (Å²) in [6, 6.07) is 13.9. The molecule has 2 heteroatoms. The number of rotatable bonds is 8. The van der Waals surface area contributed by atoms with Crippen molar-refractivity contribution in [2.45, 2.75) is 91.9 Å². The van der Waals surface area contributed by atoms with Crippen LogP contribution in [0, 0.1) is 13.8 Å². The fraction of sp³-hybridized carbons (Fsp3) is 0.485. The van der Waals surface area contributed by atoms with Crippen LogP contribution in [0.3, 0.4) is 0 Å². The number of unbranched alkanes of at least 4 members (excludes halogenated alkanes) is 2. The Labute approximate surface area is 214 Å². The highest BCUT2D eigenvalue weighted by atomic mass is 15.2. The predicted octanol–water partition coefficient (Wildman–Crippen LogP) is 8.52. The molecule has 0 aromatic heterocycles. The molecule has 0 aliphatic carbocycles. The van der Waals surface area contributed by atoms with Crippen molar-refractivity contribution >= 4 is 17.1 Å². The summed E-state index contributed by atoms with van der Waals surface area (Å²) in [6.45, 7) is 20.7. The van der Waals surface area contributed by atoms with E-state index in [0.29, 0.717) is 0 Å². The van der Waals surface area contributed by atoms with Gasteiger partial charge in [-0.3, -0.25) is 0 Å². The van der Waals surface area contributed by atoms with Gasteiger partial charge in [0.15, 0.2) is 5.71 Å². The Kier molecular flexibility index (Phi) is 7.13. The summed E-state index contributed by atoms with van der Waals surface area (Å²) in [7, 11) is 0. The van der Waals surface area contributed by atoms with Gasteiger partial charge in [0.05, 0.1) is 5.41 Å². The van der Waals surface area contributed by atoms with Crippen molar-refractivity contribution in [3.05, 3.63) is 82.6 Å². The maximum absolute atomic E-state index is 2.57. The van der Waals surface area contributed by atoms with E-state index in [2.05, 4.69) is 119 Å². The zero-order valence-electron chi connectivity index (χ0n) is 23.3. The van der Waals surface area contributed by atoms with Crippen molar-refractivity contribution in [1.82, 2.24) is 0 Å². The second kappa shape index (κ2) is 9.80. The molecule has 2 aliphatic heterocycles. The van der Waals surface area contributed by atoms with Gasteiger partial charge in [-0.1, -0.05) is 75.9 Å². The normalized spacial score (nSPS) is 19.2. The maximum Gasteiger partial charge on any atom is 0.209 e. The molecule has 2 nitrogen and oxygen atoms in total. The van der Waals surface area contributed by atoms with Crippen LogP contribution >= 0.6 is 0 Å². The van der Waals surface area contributed by atoms with Gasteiger partial charge in [0.25, 0.3) is 0 Å². The maximum atomic E-state index is 2.57. The number of benzene rings is 2. The molecule has 2 aliphatic rings. The molecule has 0 saturated heterocycles. The average Bonchev–Trinajstić information content (AvgIpc) is 3.15. The zero-order valence-corrected chi connectivity index (χ0v) is 23.3. The van der Waals surface area contributed by atoms with Gasteiger partial charge < -0.3 is 4.90 Å². The Morgan fingerprint density at radius 1 is 0.829 bits per heavy atom. The number of nitrogens with zero attached hydrogens (tertiary/aromatic N) is 2. The molecule has 0 N–H and O–H groups in total. The summed E-state index contributed by atoms with van der Waals surface area (Å²) in [5.41, 5.74) is 11.2. The minimum Gasteiger partial charge on any atom is -0.344 e. The van der Waals surface area contributed by atoms with Crippen molar-refractivity contribution in [2.24, 2.45) is 0 Å². The lowest BCUT2D eigenvalue weighted by Gasteiger charge is -2.27. The molecule has 0 unspecified atom stereocenters. The molecule has 2 heterocycles. The Balaban J connectivity index is 1.76. The molecular formula is C33H45N2+. The monoisotopic (exact) mass is 469 g/mol. The third-order valence-electron chi connectivity index (χ3n) is 8.07. The third-order valence-corrected chi connectivity index (χ3v) is 8.07. The number of anilines is 1. The molecule has 4 rings (SSSR count). The standard InChI is InChI=1S/C33H45N2/c1-9-11-20-34-28-18-16-24(3)22-26(28)32(5,6)30(34)14-13-15-31-33(7,8)27-23-25(4)17-19-29(27)35(31)21-12-10-2/h13-19,22-23H,9-12,20-21H2,1-8H3/q+1. The van der Waals surface area contributed by atoms with E-state index in [0.717, 1.165) is 13.1 Å². The highest BCUT2D eigenvalue weighted by Crippen LogP contribution is 2.48. The molecule has 35 heavy (non-hydrogen) atoms. The van der Waals surface area contributed by atoms with Crippen LogP contribution < -0.4 is 4.90 Å². The first kappa shape index (κ1) is 25.5. The molecule has 0 bridgehead atoms. The van der Waals surface area contributed by atoms with Crippen LogP contribution in [-0.2, 0) is 10.8 Å². The van der Waals surface area contributed by atoms with Crippen LogP contribution in [0.15, 0.2) is 60.3 Å². The van der Waals surface area contributed by atoms with Crippen molar-refractivity contribution in [2.75, 3.05) is 18.0 Å². The molecule has 0 spiro atoms. The van der Waals surface area contributed by atoms with Gasteiger partial charge >= 0.3 is 0 Å². The number of aryl methyl sites for hydroxylation is 2. The first-order valence-electron chi connectivity index (χ1n) is 13.7. The molecular weight excluding hydrogens is 424 g/mol. The first-order chi connectivity index (χ1) is 16.6. The lowest BCUT2D eigenvalue weighted by atomic mass is 9.80. The van der Waals surface area contributed by atoms with E-state index in [1.807, 2.05) is 0 Å². The highest BCUT2D eigenvalue weighted by molar-refractivity contribution is 6.03. The topological polar surface area (TPSA) is 6.25 Å². The minimum atomic E-state index is -0.00271. The number of hydrogen-bond donors (Lipinski definition) is 0. The minimum absolute atomic E-state index is 0.00271. The van der Waals surface area contributed by atoms with Crippen LogP contribution in [0.4, 0.5) is 11.4 Å². The summed E-state index contributed by atoms with van der Waals surface area (Å²) < 4.78 is 2.57. The number of hydrogen-bond acceptors (Lipinski definition) is 1. The van der Waals surface area contributed by atoms with Crippen LogP contribution in [-0.4, -0.2) is 23.4 Å². The van der Waals surface area contributed by atoms with Crippen LogP contribution in [0.2, 0.25) is 0 Å². The Morgan fingerprint density at radius 3 is 2.17 bits per heavy atom. The smallest absolute Gasteiger partial charge is 0.209 e. The van der Waals surface area contributed by atoms with Crippen molar-refractivity contribution in [1.29, 1.82) is 0 Å². The average molecular weight is 470 g/mol. The third kappa shape index (κ3) is 4.53. The largest absolute Gasteiger partial charge is 0.344 e. The molecule has 0 amide bonds. The molecule has 0 atom stereocenters. The van der Waals surface area contributed by atoms with Gasteiger partial charge in [-0.25, -0.2) is 0 Å². The number of allylic oxidation sites excluding steroid dienone is 4. The van der Waals surface area contributed by atoms with E-state index >= 15 is 0 Å². The summed E-state index contributed by atoms with van der Waals surface area (Å²) in [5, 5.41) is 0. The quantitative estimate of drug-likeness (QED) is 0.351. The van der Waals surface area contributed by atoms with E-state index in [1.54, 1.807) is 0 Å². The van der Waals surface area contributed by atoms with Crippen molar-refractivity contribution < 1.29 is 4.58 Å². The van der Waals surface area contributed by atoms with E-state index in [9.17, 15) is 0 Å². The highest BCUT2D eigenvalue weighted by Gasteiger charge is 2.44. The Hall–Kier alpha value is -2.61. The van der Waals surface area contributed by atoms with Gasteiger partial charge in [0, 0.05) is 47.5 Å². The predicted molar refractivity (Wildman–Crippen MR) is 153 cm³/mol. The lowest BCUT2D eigenvalue weighted by molar-refractivity contribution is -0.438. The van der Waals surface area contributed by atoms with Gasteiger partial charge in [-0.05, 0) is 57.9 Å². The second-order valence-corrected chi connectivity index (χ2v) is 11.6. The zero-order chi connectivity index (χ0) is 25.4. The van der Waals surface area contributed by atoms with Crippen LogP contribution in [0.25, 0.3) is 0 Å². The summed E-state index contributed by atoms with van der Waals surface area (Å²) in [4.78, 5) is 2.57. The summed E-state index contributed by atoms with van der Waals surface area (Å²) >= 11 is 0. The van der Waals surface area contributed by atoms with E-state index in [1.165, 1.54) is 70.7 Å². The molecule has 186 valence electrons. The van der Waals surface area contributed by atoms with Crippen molar-refractivity contribution in [3.63, 3.8) is 0 Å². The molecule has 0 radical (unpaired) electrons. The van der Waals surface area contributed by atoms with Gasteiger partial charge in [0.1, 0.15) is 6.54 Å². The molecule has 2 aromatic rings. The second-order valence-electron chi connectivity index (χ2n) is 11.6. The molecule has 0 fully saturated rings. The van der Waals surface area contributed by atoms with Gasteiger partial charge in [-0.2, -0.15) is 4.58 Å². The van der Waals surface area contributed by atoms with Gasteiger partial charge in [-0.15, -0.1) is 0 Å². The van der Waals surface area contributed by atoms with E-state index in [4.69, 9.17) is 0 Å². The SMILES string of the molecule is CCCCN1/C(=C\C=C\C2=[N+](CCCC)c3ccc(C)cc3C2(C)C)C(C)(C)c2cc(C)ccc21. The van der Waals surface area contributed by atoms with Gasteiger partial charge in [0.2, 0.25) is 5.69 Å². The Morgan fingerprint density at radius 2 is 1.49 bits per heavy atom. The van der Waals surface area contributed by atoms with Crippen LogP contribution in [0.5, 0.6) is 0 Å². The molecule has 2 aromatic carbocycles. The lowest BCUT2D eigenvalue weighted by Crippen LogP contribution is -2.28. The Bertz CT molecular complexity index is 1190. The fourth-order valence-electron chi connectivity index (χ4n) is 5.92. The van der Waals surface area contributed by atoms with Crippen LogP contribution in [0.1, 0.15) is 89.5 Å². The van der Waals surface area contributed by atoms with E-state index < -0.39 is 0 Å².